The lowest BCUT2D eigenvalue weighted by molar-refractivity contribution is 0.608. The Balaban J connectivity index is 1.65. The summed E-state index contributed by atoms with van der Waals surface area (Å²) in [7, 11) is 1.88. The van der Waals surface area contributed by atoms with Crippen molar-refractivity contribution >= 4 is 11.0 Å². The van der Waals surface area contributed by atoms with Crippen molar-refractivity contribution in [2.24, 2.45) is 7.05 Å². The summed E-state index contributed by atoms with van der Waals surface area (Å²) in [6, 6.07) is 8.01. The number of nitrogens with zero attached hydrogens (tertiary/aromatic N) is 4. The van der Waals surface area contributed by atoms with E-state index in [1.54, 1.807) is 10.9 Å². The van der Waals surface area contributed by atoms with Crippen LogP contribution >= 0.6 is 0 Å². The first kappa shape index (κ1) is 10.9. The molecule has 0 radical (unpaired) electrons. The third-order valence-corrected chi connectivity index (χ3v) is 2.85. The number of fused-ring (bicyclic) bond motifs is 1. The number of aromatic nitrogens is 5. The Hall–Kier alpha value is -2.21. The lowest BCUT2D eigenvalue weighted by Gasteiger charge is -2.01. The number of nitrogens with one attached hydrogen (secondary N) is 2. The number of hydrogen-bond acceptors (Lipinski definition) is 4. The zero-order valence-electron chi connectivity index (χ0n) is 10.1. The van der Waals surface area contributed by atoms with Crippen LogP contribution in [0.1, 0.15) is 11.5 Å². The van der Waals surface area contributed by atoms with Gasteiger partial charge >= 0.3 is 0 Å². The molecule has 6 nitrogen and oxygen atoms in total. The number of benzene rings is 1. The van der Waals surface area contributed by atoms with Gasteiger partial charge in [-0.3, -0.25) is 4.68 Å². The second kappa shape index (κ2) is 4.58. The predicted molar refractivity (Wildman–Crippen MR) is 67.6 cm³/mol. The molecule has 0 saturated heterocycles. The van der Waals surface area contributed by atoms with Crippen LogP contribution in [-0.2, 0) is 20.1 Å². The van der Waals surface area contributed by atoms with Crippen LogP contribution in [0.5, 0.6) is 0 Å². The van der Waals surface area contributed by atoms with E-state index in [0.717, 1.165) is 29.1 Å². The smallest absolute Gasteiger partial charge is 0.121 e. The van der Waals surface area contributed by atoms with Crippen LogP contribution in [0.25, 0.3) is 11.0 Å². The quantitative estimate of drug-likeness (QED) is 0.715. The van der Waals surface area contributed by atoms with E-state index < -0.39 is 0 Å². The molecule has 1 aromatic carbocycles. The molecule has 0 saturated carbocycles. The second-order valence-electron chi connectivity index (χ2n) is 4.15. The van der Waals surface area contributed by atoms with Gasteiger partial charge in [0.25, 0.3) is 0 Å². The molecule has 0 spiro atoms. The average Bonchev–Trinajstić information content (AvgIpc) is 2.96. The number of aryl methyl sites for hydroxylation is 1. The molecule has 6 heteroatoms. The molecular formula is C12H14N6. The molecule has 0 fully saturated rings. The number of imidazole rings is 1. The Labute approximate surface area is 104 Å². The van der Waals surface area contributed by atoms with Gasteiger partial charge in [0.2, 0.25) is 0 Å². The molecule has 0 bridgehead atoms. The van der Waals surface area contributed by atoms with E-state index in [1.807, 2.05) is 31.3 Å². The molecule has 2 aromatic heterocycles. The summed E-state index contributed by atoms with van der Waals surface area (Å²) in [6.07, 6.45) is 1.76. The molecular weight excluding hydrogens is 228 g/mol. The molecule has 2 heterocycles. The van der Waals surface area contributed by atoms with Crippen molar-refractivity contribution in [2.75, 3.05) is 0 Å². The zero-order chi connectivity index (χ0) is 12.4. The molecule has 0 aliphatic heterocycles. The fourth-order valence-corrected chi connectivity index (χ4v) is 1.87. The third-order valence-electron chi connectivity index (χ3n) is 2.85. The highest BCUT2D eigenvalue weighted by molar-refractivity contribution is 5.74. The van der Waals surface area contributed by atoms with Crippen LogP contribution in [0.3, 0.4) is 0 Å². The number of aromatic amines is 1. The second-order valence-corrected chi connectivity index (χ2v) is 4.15. The minimum atomic E-state index is 0.694. The standard InChI is InChI=1S/C12H14N6/c1-18-9(7-14-17-18)6-13-8-12-15-10-4-2-3-5-11(10)16-12/h2-5,7,13H,6,8H2,1H3,(H,15,16). The summed E-state index contributed by atoms with van der Waals surface area (Å²) < 4.78 is 1.76. The maximum absolute atomic E-state index is 4.50. The first-order valence-corrected chi connectivity index (χ1v) is 5.81. The zero-order valence-corrected chi connectivity index (χ0v) is 10.1. The Bertz CT molecular complexity index is 620. The van der Waals surface area contributed by atoms with Crippen molar-refractivity contribution in [2.45, 2.75) is 13.1 Å². The topological polar surface area (TPSA) is 71.4 Å². The maximum atomic E-state index is 4.50. The van der Waals surface area contributed by atoms with Crippen molar-refractivity contribution in [3.05, 3.63) is 42.0 Å². The molecule has 2 N–H and O–H groups in total. The summed E-state index contributed by atoms with van der Waals surface area (Å²) >= 11 is 0. The predicted octanol–water partition coefficient (Wildman–Crippen LogP) is 0.981. The van der Waals surface area contributed by atoms with Crippen LogP contribution in [0.2, 0.25) is 0 Å². The molecule has 0 atom stereocenters. The van der Waals surface area contributed by atoms with Gasteiger partial charge in [0.15, 0.2) is 0 Å². The van der Waals surface area contributed by atoms with Gasteiger partial charge in [-0.25, -0.2) is 4.98 Å². The van der Waals surface area contributed by atoms with Crippen molar-refractivity contribution < 1.29 is 0 Å². The molecule has 0 amide bonds. The monoisotopic (exact) mass is 242 g/mol. The van der Waals surface area contributed by atoms with Crippen LogP contribution in [0.15, 0.2) is 30.5 Å². The molecule has 0 unspecified atom stereocenters. The minimum absolute atomic E-state index is 0.694. The Morgan fingerprint density at radius 3 is 2.94 bits per heavy atom. The van der Waals surface area contributed by atoms with Crippen LogP contribution in [0, 0.1) is 0 Å². The first-order valence-electron chi connectivity index (χ1n) is 5.81. The normalized spacial score (nSPS) is 11.2. The summed E-state index contributed by atoms with van der Waals surface area (Å²) in [4.78, 5) is 7.78. The number of para-hydroxylation sites is 2. The first-order chi connectivity index (χ1) is 8.83. The van der Waals surface area contributed by atoms with Crippen molar-refractivity contribution in [3.8, 4) is 0 Å². The summed E-state index contributed by atoms with van der Waals surface area (Å²) in [5.74, 6) is 0.936. The highest BCUT2D eigenvalue weighted by Gasteiger charge is 2.03. The van der Waals surface area contributed by atoms with Crippen molar-refractivity contribution in [3.63, 3.8) is 0 Å². The van der Waals surface area contributed by atoms with Gasteiger partial charge in [-0.05, 0) is 12.1 Å². The molecule has 0 aliphatic rings. The van der Waals surface area contributed by atoms with Gasteiger partial charge in [0.05, 0.1) is 29.5 Å². The number of hydrogen-bond donors (Lipinski definition) is 2. The Morgan fingerprint density at radius 1 is 1.28 bits per heavy atom. The van der Waals surface area contributed by atoms with Crippen molar-refractivity contribution in [1.82, 2.24) is 30.3 Å². The van der Waals surface area contributed by atoms with E-state index in [2.05, 4.69) is 25.6 Å². The summed E-state index contributed by atoms with van der Waals surface area (Å²) in [5, 5.41) is 11.0. The van der Waals surface area contributed by atoms with Gasteiger partial charge in [0, 0.05) is 13.6 Å². The summed E-state index contributed by atoms with van der Waals surface area (Å²) in [6.45, 7) is 1.42. The minimum Gasteiger partial charge on any atom is -0.341 e. The molecule has 0 aliphatic carbocycles. The number of rotatable bonds is 4. The molecule has 3 rings (SSSR count). The van der Waals surface area contributed by atoms with E-state index >= 15 is 0 Å². The Kier molecular flexibility index (Phi) is 2.77. The SMILES string of the molecule is Cn1nncc1CNCc1nc2ccccc2[nH]1. The number of H-pyrrole nitrogens is 1. The van der Waals surface area contributed by atoms with E-state index in [-0.39, 0.29) is 0 Å². The van der Waals surface area contributed by atoms with Gasteiger partial charge in [-0.2, -0.15) is 0 Å². The Morgan fingerprint density at radius 2 is 2.17 bits per heavy atom. The lowest BCUT2D eigenvalue weighted by atomic mass is 10.3. The fourth-order valence-electron chi connectivity index (χ4n) is 1.87. The van der Waals surface area contributed by atoms with Gasteiger partial charge in [0.1, 0.15) is 5.82 Å². The molecule has 18 heavy (non-hydrogen) atoms. The largest absolute Gasteiger partial charge is 0.341 e. The van der Waals surface area contributed by atoms with E-state index in [4.69, 9.17) is 0 Å². The molecule has 92 valence electrons. The summed E-state index contributed by atoms with van der Waals surface area (Å²) in [5.41, 5.74) is 3.11. The van der Waals surface area contributed by atoms with E-state index in [0.29, 0.717) is 6.54 Å². The van der Waals surface area contributed by atoms with Crippen LogP contribution < -0.4 is 5.32 Å². The van der Waals surface area contributed by atoms with Gasteiger partial charge < -0.3 is 10.3 Å². The maximum Gasteiger partial charge on any atom is 0.121 e. The van der Waals surface area contributed by atoms with Crippen LogP contribution in [0.4, 0.5) is 0 Å². The van der Waals surface area contributed by atoms with Gasteiger partial charge in [-0.15, -0.1) is 5.10 Å². The highest BCUT2D eigenvalue weighted by atomic mass is 15.4. The van der Waals surface area contributed by atoms with Gasteiger partial charge in [-0.1, -0.05) is 17.3 Å². The highest BCUT2D eigenvalue weighted by Crippen LogP contribution is 2.09. The molecule has 3 aromatic rings. The van der Waals surface area contributed by atoms with Crippen molar-refractivity contribution in [1.29, 1.82) is 0 Å². The van der Waals surface area contributed by atoms with E-state index in [1.165, 1.54) is 0 Å². The lowest BCUT2D eigenvalue weighted by Crippen LogP contribution is -2.16. The van der Waals surface area contributed by atoms with E-state index in [9.17, 15) is 0 Å². The van der Waals surface area contributed by atoms with Crippen LogP contribution in [-0.4, -0.2) is 25.0 Å². The fraction of sp³-hybridized carbons (Fsp3) is 0.250. The average molecular weight is 242 g/mol. The third kappa shape index (κ3) is 2.10.